The summed E-state index contributed by atoms with van der Waals surface area (Å²) in [4.78, 5) is 205. The van der Waals surface area contributed by atoms with Gasteiger partial charge in [0.05, 0.1) is 30.5 Å². The molecule has 11 amide bonds. The first-order chi connectivity index (χ1) is 41.0. The Balaban J connectivity index is 2.97. The molecule has 0 saturated carbocycles. The number of unbranched alkanes of at least 4 members (excludes halogenated alkanes) is 1. The minimum Gasteiger partial charge on any atom is -0.481 e. The Kier molecular flexibility index (Phi) is 30.6. The maximum absolute atomic E-state index is 14.8. The van der Waals surface area contributed by atoms with E-state index >= 15 is 0 Å². The summed E-state index contributed by atoms with van der Waals surface area (Å²) in [6.07, 6.45) is 2.91. The van der Waals surface area contributed by atoms with Crippen LogP contribution in [0.15, 0.2) is 36.5 Å². The van der Waals surface area contributed by atoms with E-state index in [0.717, 1.165) is 24.3 Å². The van der Waals surface area contributed by atoms with Gasteiger partial charge in [0.2, 0.25) is 65.0 Å². The van der Waals surface area contributed by atoms with Gasteiger partial charge in [-0.3, -0.25) is 62.3 Å². The predicted octanol–water partition coefficient (Wildman–Crippen LogP) is -3.99. The van der Waals surface area contributed by atoms with E-state index in [4.69, 9.17) is 5.73 Å². The molecule has 88 heavy (non-hydrogen) atoms. The summed E-state index contributed by atoms with van der Waals surface area (Å²) < 4.78 is 0. The highest BCUT2D eigenvalue weighted by molar-refractivity contribution is 6.04. The number of allylic oxidation sites excluding steroid dienone is 3. The van der Waals surface area contributed by atoms with Crippen LogP contribution in [-0.2, 0) is 71.9 Å². The molecule has 2 fully saturated rings. The van der Waals surface area contributed by atoms with Crippen molar-refractivity contribution in [3.05, 3.63) is 36.5 Å². The van der Waals surface area contributed by atoms with Crippen molar-refractivity contribution in [3.63, 3.8) is 0 Å². The van der Waals surface area contributed by atoms with Crippen LogP contribution in [0.1, 0.15) is 107 Å². The number of amides is 11. The van der Waals surface area contributed by atoms with Crippen LogP contribution in [0.2, 0.25) is 0 Å². The highest BCUT2D eigenvalue weighted by Gasteiger charge is 2.45. The van der Waals surface area contributed by atoms with Gasteiger partial charge in [-0.15, -0.1) is 0 Å². The molecule has 2 aliphatic heterocycles. The zero-order valence-corrected chi connectivity index (χ0v) is 50.7. The van der Waals surface area contributed by atoms with E-state index in [9.17, 15) is 97.5 Å². The lowest BCUT2D eigenvalue weighted by molar-refractivity contribution is -0.153. The number of nitrogens with zero attached hydrogens (tertiary/aromatic N) is 1. The van der Waals surface area contributed by atoms with Crippen molar-refractivity contribution < 1.29 is 97.5 Å². The quantitative estimate of drug-likeness (QED) is 0.0279. The molecule has 32 nitrogen and oxygen atoms in total. The fourth-order valence-electron chi connectivity index (χ4n) is 9.11. The average Bonchev–Trinajstić information content (AvgIpc) is 1.72. The van der Waals surface area contributed by atoms with Gasteiger partial charge in [0.25, 0.3) is 0 Å². The predicted molar refractivity (Wildman–Crippen MR) is 310 cm³/mol. The van der Waals surface area contributed by atoms with E-state index in [1.807, 2.05) is 29.8 Å². The van der Waals surface area contributed by atoms with Crippen LogP contribution in [0.5, 0.6) is 0 Å². The Labute approximate surface area is 508 Å². The number of carboxylic acid groups (broad SMARTS) is 4. The Morgan fingerprint density at radius 3 is 1.82 bits per heavy atom. The maximum atomic E-state index is 14.8. The first-order valence-corrected chi connectivity index (χ1v) is 28.7. The van der Waals surface area contributed by atoms with Crippen molar-refractivity contribution in [1.82, 2.24) is 58.1 Å². The molecule has 0 aromatic rings. The summed E-state index contributed by atoms with van der Waals surface area (Å²) in [6, 6.07) is -18.9. The van der Waals surface area contributed by atoms with Crippen molar-refractivity contribution >= 4 is 88.9 Å². The third kappa shape index (κ3) is 23.5. The average molecular weight is 1250 g/mol. The number of hydrogen-bond acceptors (Lipinski definition) is 17. The van der Waals surface area contributed by atoms with Crippen LogP contribution < -0.4 is 58.9 Å². The monoisotopic (exact) mass is 1250 g/mol. The topological polar surface area (TPSA) is 507 Å². The van der Waals surface area contributed by atoms with E-state index in [0.29, 0.717) is 12.3 Å². The smallest absolute Gasteiger partial charge is 0.335 e. The van der Waals surface area contributed by atoms with Gasteiger partial charge in [0.15, 0.2) is 6.10 Å². The summed E-state index contributed by atoms with van der Waals surface area (Å²) in [5.74, 6) is -24.5. The van der Waals surface area contributed by atoms with Crippen LogP contribution in [0.3, 0.4) is 0 Å². The molecule has 3 unspecified atom stereocenters. The largest absolute Gasteiger partial charge is 0.481 e. The van der Waals surface area contributed by atoms with E-state index in [1.54, 1.807) is 19.1 Å². The van der Waals surface area contributed by atoms with Crippen molar-refractivity contribution in [2.75, 3.05) is 19.6 Å². The van der Waals surface area contributed by atoms with Crippen molar-refractivity contribution in [2.45, 2.75) is 174 Å². The molecule has 0 aliphatic carbocycles. The molecule has 2 aliphatic rings. The first kappa shape index (κ1) is 75.3. The second-order valence-electron chi connectivity index (χ2n) is 22.8. The molecule has 13 atom stereocenters. The highest BCUT2D eigenvalue weighted by atomic mass is 16.4. The third-order valence-corrected chi connectivity index (χ3v) is 14.3. The number of carbonyl (C=O) groups excluding carboxylic acids is 11. The number of carbonyl (C=O) groups is 15. The summed E-state index contributed by atoms with van der Waals surface area (Å²) in [6.45, 7) is 16.0. The number of nitrogens with two attached hydrogens (primary N) is 1. The second-order valence-corrected chi connectivity index (χ2v) is 22.8. The number of nitrogens with one attached hydrogen (secondary N) is 10. The molecule has 0 aromatic carbocycles. The van der Waals surface area contributed by atoms with E-state index in [1.165, 1.54) is 40.7 Å². The minimum atomic E-state index is -2.84. The number of carboxylic acids is 4. The summed E-state index contributed by atoms with van der Waals surface area (Å²) in [5.41, 5.74) is 4.79. The molecule has 0 radical (unpaired) electrons. The van der Waals surface area contributed by atoms with Crippen LogP contribution in [0.4, 0.5) is 0 Å². The third-order valence-electron chi connectivity index (χ3n) is 14.3. The number of aliphatic carboxylic acids is 4. The van der Waals surface area contributed by atoms with Gasteiger partial charge >= 0.3 is 23.9 Å². The second kappa shape index (κ2) is 35.7. The number of rotatable bonds is 22. The number of aliphatic hydroxyl groups is 1. The lowest BCUT2D eigenvalue weighted by atomic mass is 9.97. The highest BCUT2D eigenvalue weighted by Crippen LogP contribution is 2.26. The van der Waals surface area contributed by atoms with Crippen molar-refractivity contribution in [1.29, 1.82) is 0 Å². The maximum Gasteiger partial charge on any atom is 0.335 e. The molecular weight excluding hydrogens is 1160 g/mol. The Bertz CT molecular complexity index is 2680. The fourth-order valence-corrected chi connectivity index (χ4v) is 9.11. The van der Waals surface area contributed by atoms with E-state index in [-0.39, 0.29) is 38.8 Å². The number of hydrogen-bond donors (Lipinski definition) is 16. The van der Waals surface area contributed by atoms with Crippen LogP contribution >= 0.6 is 0 Å². The molecule has 0 bridgehead atoms. The normalized spacial score (nSPS) is 25.5. The van der Waals surface area contributed by atoms with Gasteiger partial charge in [0, 0.05) is 12.6 Å². The van der Waals surface area contributed by atoms with Gasteiger partial charge in [-0.25, -0.2) is 9.59 Å². The van der Waals surface area contributed by atoms with Gasteiger partial charge in [-0.1, -0.05) is 73.3 Å². The molecule has 2 rings (SSSR count). The Hall–Kier alpha value is -8.81. The van der Waals surface area contributed by atoms with Crippen LogP contribution in [0, 0.1) is 29.6 Å². The molecule has 0 aromatic heterocycles. The zero-order chi connectivity index (χ0) is 67.0. The van der Waals surface area contributed by atoms with Crippen molar-refractivity contribution in [3.8, 4) is 0 Å². The van der Waals surface area contributed by atoms with Gasteiger partial charge in [0.1, 0.15) is 54.4 Å². The Morgan fingerprint density at radius 2 is 1.26 bits per heavy atom. The van der Waals surface area contributed by atoms with E-state index < -0.39 is 198 Å². The Morgan fingerprint density at radius 1 is 0.682 bits per heavy atom. The van der Waals surface area contributed by atoms with Gasteiger partial charge in [-0.05, 0) is 82.6 Å². The van der Waals surface area contributed by atoms with E-state index in [2.05, 4.69) is 43.8 Å². The molecule has 2 heterocycles. The molecule has 32 heteroatoms. The summed E-state index contributed by atoms with van der Waals surface area (Å²) in [5, 5.41) is 72.8. The molecular formula is C56H86N12O20. The van der Waals surface area contributed by atoms with Crippen molar-refractivity contribution in [2.24, 2.45) is 35.3 Å². The van der Waals surface area contributed by atoms with Gasteiger partial charge in [-0.2, -0.15) is 0 Å². The van der Waals surface area contributed by atoms with Crippen LogP contribution in [-0.4, -0.2) is 205 Å². The standard InChI is InChI=1S/C56H86N12O20/c1-25(2)17-13-11-12-14-19-35(69)62-40(29(8)54(83)84)50(79)66-42-31(10)59-47(76)34-21-28(7)24-68(34)53(82)39(27(5)6)65-49(78)41(30(9)55(85)86)63-36(70)23-58-45(74)33(22-37(71)72)61-52(81)43(44(73)56(87)88)67-46(75)32(18-15-16-20-57)60-48(77)38(26(3)4)64-51(42)80/h11-12,14,19,25-28,30-34,38-44,73H,8,13,15-18,20-24,57H2,1-7,9-10H3,(H,58,74)(H,59,76)(H,60,77)(H,61,81)(H,62,69)(H,63,70)(H,64,80)(H,65,78)(H,66,79)(H,67,75)(H,71,72)(H,83,84)(H,85,86)(H,87,88)/b12-11-,19-14+/t28-,30?,31?,32+,33+,34+,38-,39+,40+,41-,42+,43+,44?/m1/s1. The first-order valence-electron chi connectivity index (χ1n) is 28.7. The summed E-state index contributed by atoms with van der Waals surface area (Å²) in [7, 11) is 0. The molecule has 0 spiro atoms. The minimum absolute atomic E-state index is 0.0393. The zero-order valence-electron chi connectivity index (χ0n) is 50.7. The lowest BCUT2D eigenvalue weighted by Gasteiger charge is -2.34. The molecule has 2 saturated heterocycles. The van der Waals surface area contributed by atoms with Crippen LogP contribution in [0.25, 0.3) is 0 Å². The number of fused-ring (bicyclic) bond motifs is 1. The lowest BCUT2D eigenvalue weighted by Crippen LogP contribution is -2.65. The fraction of sp³-hybridized carbons (Fsp3) is 0.625. The molecule has 490 valence electrons. The summed E-state index contributed by atoms with van der Waals surface area (Å²) >= 11 is 0. The molecule has 17 N–H and O–H groups in total. The SMILES string of the molecule is C=C(C(=O)O)[C@H](NC(=O)/C=C/C=C\CCC(C)C)C(=O)N[C@@H]1C(=O)N[C@H](C(C)C)C(=O)N[C@@H](CCCCN)C(=O)N[C@@H](C(O)C(=O)O)C(=O)N[C@@H](CC(=O)O)C(=O)NCC(=O)N[C@H](C(C)C(=O)O)C(=O)N[C@@H](C(C)C)C(=O)N2C[C@H](C)C[C@H]2C(=O)NC1C. The number of aliphatic hydroxyl groups excluding tert-OH is 1. The van der Waals surface area contributed by atoms with Gasteiger partial charge < -0.3 is 89.3 Å².